The summed E-state index contributed by atoms with van der Waals surface area (Å²) in [5.74, 6) is 0.0323. The maximum atomic E-state index is 13.6. The number of hydrogen-bond acceptors (Lipinski definition) is 3. The molecule has 0 saturated carbocycles. The van der Waals surface area contributed by atoms with Crippen molar-refractivity contribution in [2.75, 3.05) is 4.72 Å². The maximum Gasteiger partial charge on any atom is 0.262 e. The Kier molecular flexibility index (Phi) is 4.10. The Labute approximate surface area is 186 Å². The molecule has 4 aromatic carbocycles. The average molecular weight is 438 g/mol. The smallest absolute Gasteiger partial charge is 0.262 e. The average Bonchev–Trinajstić information content (AvgIpc) is 3.40. The summed E-state index contributed by atoms with van der Waals surface area (Å²) in [7, 11) is -3.90. The number of sulfonamides is 1. The lowest BCUT2D eigenvalue weighted by Gasteiger charge is -2.17. The molecule has 4 nitrogen and oxygen atoms in total. The fraction of sp³-hybridized carbons (Fsp3) is 0.0741. The second-order valence-electron chi connectivity index (χ2n) is 8.19. The molecular weight excluding hydrogens is 418 g/mol. The number of carbonyl (C=O) groups is 1. The molecule has 5 heteroatoms. The van der Waals surface area contributed by atoms with Crippen LogP contribution in [-0.4, -0.2) is 14.2 Å². The van der Waals surface area contributed by atoms with E-state index in [0.717, 1.165) is 34.1 Å². The first-order chi connectivity index (χ1) is 15.5. The lowest BCUT2D eigenvalue weighted by Crippen LogP contribution is -2.14. The molecule has 0 aromatic heterocycles. The van der Waals surface area contributed by atoms with Crippen molar-refractivity contribution in [1.82, 2.24) is 0 Å². The van der Waals surface area contributed by atoms with Gasteiger partial charge in [0.25, 0.3) is 10.0 Å². The number of ketones is 1. The Morgan fingerprint density at radius 1 is 0.812 bits per heavy atom. The van der Waals surface area contributed by atoms with Gasteiger partial charge >= 0.3 is 0 Å². The quantitative estimate of drug-likeness (QED) is 0.451. The third-order valence-electron chi connectivity index (χ3n) is 6.29. The molecular formula is C27H19NO3S. The van der Waals surface area contributed by atoms with E-state index in [1.807, 2.05) is 42.5 Å². The molecule has 0 unspecified atom stereocenters. The van der Waals surface area contributed by atoms with Crippen LogP contribution < -0.4 is 4.72 Å². The fourth-order valence-corrected chi connectivity index (χ4v) is 6.15. The van der Waals surface area contributed by atoms with Crippen molar-refractivity contribution in [1.29, 1.82) is 0 Å². The highest BCUT2D eigenvalue weighted by molar-refractivity contribution is 7.93. The van der Waals surface area contributed by atoms with E-state index in [-0.39, 0.29) is 10.7 Å². The van der Waals surface area contributed by atoms with Gasteiger partial charge < -0.3 is 0 Å². The van der Waals surface area contributed by atoms with E-state index in [1.165, 1.54) is 5.56 Å². The van der Waals surface area contributed by atoms with Crippen molar-refractivity contribution in [2.45, 2.75) is 17.7 Å². The van der Waals surface area contributed by atoms with Crippen molar-refractivity contribution in [3.05, 3.63) is 101 Å². The minimum atomic E-state index is -3.90. The van der Waals surface area contributed by atoms with E-state index in [1.54, 1.807) is 30.3 Å². The summed E-state index contributed by atoms with van der Waals surface area (Å²) in [5, 5.41) is 1.33. The number of anilines is 1. The minimum Gasteiger partial charge on any atom is -0.294 e. The van der Waals surface area contributed by atoms with E-state index in [0.29, 0.717) is 23.1 Å². The number of hydrogen-bond donors (Lipinski definition) is 1. The van der Waals surface area contributed by atoms with E-state index < -0.39 is 10.0 Å². The van der Waals surface area contributed by atoms with Gasteiger partial charge in [0.1, 0.15) is 0 Å². The predicted molar refractivity (Wildman–Crippen MR) is 127 cm³/mol. The molecule has 0 atom stereocenters. The van der Waals surface area contributed by atoms with Gasteiger partial charge in [-0.15, -0.1) is 0 Å². The van der Waals surface area contributed by atoms with Gasteiger partial charge in [0.05, 0.1) is 10.6 Å². The van der Waals surface area contributed by atoms with Gasteiger partial charge in [0.2, 0.25) is 0 Å². The molecule has 0 bridgehead atoms. The summed E-state index contributed by atoms with van der Waals surface area (Å²) in [6, 6.07) is 22.3. The van der Waals surface area contributed by atoms with Crippen LogP contribution in [0.4, 0.5) is 5.69 Å². The summed E-state index contributed by atoms with van der Waals surface area (Å²) >= 11 is 0. The number of fused-ring (bicyclic) bond motifs is 1. The highest BCUT2D eigenvalue weighted by Crippen LogP contribution is 2.40. The first-order valence-corrected chi connectivity index (χ1v) is 12.0. The van der Waals surface area contributed by atoms with E-state index >= 15 is 0 Å². The molecule has 0 heterocycles. The van der Waals surface area contributed by atoms with Crippen LogP contribution in [-0.2, 0) is 22.9 Å². The van der Waals surface area contributed by atoms with Crippen molar-refractivity contribution in [3.63, 3.8) is 0 Å². The molecule has 0 saturated heterocycles. The first kappa shape index (κ1) is 19.0. The molecule has 156 valence electrons. The van der Waals surface area contributed by atoms with E-state index in [9.17, 15) is 13.2 Å². The zero-order valence-corrected chi connectivity index (χ0v) is 17.9. The van der Waals surface area contributed by atoms with Crippen LogP contribution in [0.1, 0.15) is 27.0 Å². The largest absolute Gasteiger partial charge is 0.294 e. The second kappa shape index (κ2) is 6.90. The summed E-state index contributed by atoms with van der Waals surface area (Å²) in [6.45, 7) is 0. The first-order valence-electron chi connectivity index (χ1n) is 10.5. The standard InChI is InChI=1S/C27H19NO3S/c29-24-16-19-13-15-25(22-11-5-10-21(24)26(19)22)32(30,31)28-23-14-12-17-8-4-9-20(17)27(23)18-6-2-1-3-7-18/h1-7,9-15,28H,8,16H2. The van der Waals surface area contributed by atoms with Crippen molar-refractivity contribution < 1.29 is 13.2 Å². The van der Waals surface area contributed by atoms with Crippen molar-refractivity contribution in [3.8, 4) is 11.1 Å². The lowest BCUT2D eigenvalue weighted by molar-refractivity contribution is 0.1000. The summed E-state index contributed by atoms with van der Waals surface area (Å²) < 4.78 is 30.1. The molecule has 32 heavy (non-hydrogen) atoms. The monoisotopic (exact) mass is 437 g/mol. The molecule has 2 aliphatic rings. The molecule has 0 aliphatic heterocycles. The maximum absolute atomic E-state index is 13.6. The van der Waals surface area contributed by atoms with Crippen molar-refractivity contribution >= 4 is 38.3 Å². The van der Waals surface area contributed by atoms with Crippen LogP contribution in [0.15, 0.2) is 83.8 Å². The van der Waals surface area contributed by atoms with Crippen LogP contribution >= 0.6 is 0 Å². The Morgan fingerprint density at radius 3 is 2.47 bits per heavy atom. The Bertz CT molecular complexity index is 1570. The Balaban J connectivity index is 1.52. The summed E-state index contributed by atoms with van der Waals surface area (Å²) in [5.41, 5.74) is 6.08. The normalized spacial score (nSPS) is 14.2. The molecule has 1 N–H and O–H groups in total. The number of Topliss-reactive ketones (excluding diaryl/α,β-unsaturated/α-hetero) is 1. The van der Waals surface area contributed by atoms with Crippen LogP contribution in [0.5, 0.6) is 0 Å². The van der Waals surface area contributed by atoms with Crippen LogP contribution in [0.25, 0.3) is 28.0 Å². The lowest BCUT2D eigenvalue weighted by atomic mass is 9.95. The Morgan fingerprint density at radius 2 is 1.62 bits per heavy atom. The van der Waals surface area contributed by atoms with Gasteiger partial charge in [-0.05, 0) is 46.2 Å². The van der Waals surface area contributed by atoms with E-state index in [2.05, 4.69) is 16.9 Å². The Hall–Kier alpha value is -3.70. The molecule has 0 fully saturated rings. The van der Waals surface area contributed by atoms with Gasteiger partial charge in [0.15, 0.2) is 5.78 Å². The van der Waals surface area contributed by atoms with Gasteiger partial charge in [-0.1, -0.05) is 72.8 Å². The van der Waals surface area contributed by atoms with Gasteiger partial charge in [0, 0.05) is 22.9 Å². The fourth-order valence-electron chi connectivity index (χ4n) is 4.87. The zero-order valence-electron chi connectivity index (χ0n) is 17.1. The van der Waals surface area contributed by atoms with Gasteiger partial charge in [-0.2, -0.15) is 0 Å². The van der Waals surface area contributed by atoms with Crippen LogP contribution in [0, 0.1) is 0 Å². The van der Waals surface area contributed by atoms with Gasteiger partial charge in [-0.3, -0.25) is 9.52 Å². The third kappa shape index (κ3) is 2.82. The third-order valence-corrected chi connectivity index (χ3v) is 7.72. The molecule has 0 radical (unpaired) electrons. The van der Waals surface area contributed by atoms with Crippen molar-refractivity contribution in [2.24, 2.45) is 0 Å². The minimum absolute atomic E-state index is 0.0323. The molecule has 6 rings (SSSR count). The molecule has 4 aromatic rings. The second-order valence-corrected chi connectivity index (χ2v) is 9.84. The van der Waals surface area contributed by atoms with Crippen LogP contribution in [0.2, 0.25) is 0 Å². The van der Waals surface area contributed by atoms with E-state index in [4.69, 9.17) is 0 Å². The number of rotatable bonds is 4. The van der Waals surface area contributed by atoms with Crippen LogP contribution in [0.3, 0.4) is 0 Å². The predicted octanol–water partition coefficient (Wildman–Crippen LogP) is 5.62. The number of allylic oxidation sites excluding steroid dienone is 1. The number of nitrogens with one attached hydrogen (secondary N) is 1. The zero-order chi connectivity index (χ0) is 21.9. The van der Waals surface area contributed by atoms with Gasteiger partial charge in [-0.25, -0.2) is 8.42 Å². The molecule has 0 amide bonds. The highest BCUT2D eigenvalue weighted by Gasteiger charge is 2.27. The summed E-state index contributed by atoms with van der Waals surface area (Å²) in [6.07, 6.45) is 5.31. The number of carbonyl (C=O) groups excluding carboxylic acids is 1. The topological polar surface area (TPSA) is 63.2 Å². The SMILES string of the molecule is O=C1Cc2ccc(S(=O)(=O)Nc3ccc4c(c3-c3ccccc3)C=CC4)c3cccc1c23. The molecule has 0 spiro atoms. The highest BCUT2D eigenvalue weighted by atomic mass is 32.2. The molecule has 2 aliphatic carbocycles. The number of benzene rings is 4. The summed E-state index contributed by atoms with van der Waals surface area (Å²) in [4.78, 5) is 12.5.